The van der Waals surface area contributed by atoms with Crippen LogP contribution in [0.4, 0.5) is 4.39 Å². The monoisotopic (exact) mass is 432 g/mol. The summed E-state index contributed by atoms with van der Waals surface area (Å²) in [4.78, 5) is 4.87. The van der Waals surface area contributed by atoms with E-state index in [-0.39, 0.29) is 5.82 Å². The molecule has 0 amide bonds. The van der Waals surface area contributed by atoms with E-state index >= 15 is 0 Å². The smallest absolute Gasteiger partial charge is 0.243 e. The Kier molecular flexibility index (Phi) is 7.81. The van der Waals surface area contributed by atoms with E-state index in [1.54, 1.807) is 40.7 Å². The predicted molar refractivity (Wildman–Crippen MR) is 117 cm³/mol. The highest BCUT2D eigenvalue weighted by molar-refractivity contribution is 7.89. The zero-order chi connectivity index (χ0) is 21.4. The minimum atomic E-state index is -3.40. The van der Waals surface area contributed by atoms with Crippen LogP contribution >= 0.6 is 0 Å². The molecule has 0 aromatic heterocycles. The number of benzene rings is 2. The van der Waals surface area contributed by atoms with Crippen molar-refractivity contribution in [3.8, 4) is 0 Å². The average molecular weight is 433 g/mol. The average Bonchev–Trinajstić information content (AvgIpc) is 3.29. The third-order valence-corrected chi connectivity index (χ3v) is 6.95. The number of aliphatic imine (C=N–C) groups is 1. The van der Waals surface area contributed by atoms with Gasteiger partial charge in [0.25, 0.3) is 0 Å². The minimum absolute atomic E-state index is 0.204. The number of hydrogen-bond donors (Lipinski definition) is 2. The van der Waals surface area contributed by atoms with E-state index in [9.17, 15) is 12.8 Å². The third kappa shape index (κ3) is 5.79. The van der Waals surface area contributed by atoms with Gasteiger partial charge in [-0.05, 0) is 55.5 Å². The van der Waals surface area contributed by atoms with Crippen molar-refractivity contribution in [2.45, 2.75) is 37.6 Å². The number of hydrogen-bond acceptors (Lipinski definition) is 3. The normalized spacial score (nSPS) is 15.3. The fourth-order valence-corrected chi connectivity index (χ4v) is 4.89. The van der Waals surface area contributed by atoms with Gasteiger partial charge >= 0.3 is 0 Å². The molecule has 0 aliphatic carbocycles. The van der Waals surface area contributed by atoms with Gasteiger partial charge < -0.3 is 10.6 Å². The Hall–Kier alpha value is -2.45. The first-order valence-corrected chi connectivity index (χ1v) is 11.8. The van der Waals surface area contributed by atoms with E-state index in [4.69, 9.17) is 0 Å². The van der Waals surface area contributed by atoms with Crippen molar-refractivity contribution in [1.29, 1.82) is 0 Å². The molecule has 2 aromatic carbocycles. The molecule has 2 N–H and O–H groups in total. The van der Waals surface area contributed by atoms with Crippen LogP contribution in [0.15, 0.2) is 58.4 Å². The van der Waals surface area contributed by atoms with Gasteiger partial charge in [-0.15, -0.1) is 0 Å². The highest BCUT2D eigenvalue weighted by Gasteiger charge is 2.26. The third-order valence-electron chi connectivity index (χ3n) is 5.03. The molecule has 1 saturated heterocycles. The first kappa shape index (κ1) is 22.2. The van der Waals surface area contributed by atoms with Crippen molar-refractivity contribution < 1.29 is 12.8 Å². The Morgan fingerprint density at radius 3 is 2.43 bits per heavy atom. The summed E-state index contributed by atoms with van der Waals surface area (Å²) in [5, 5.41) is 6.38. The van der Waals surface area contributed by atoms with Crippen molar-refractivity contribution in [3.63, 3.8) is 0 Å². The van der Waals surface area contributed by atoms with E-state index in [1.165, 1.54) is 6.07 Å². The van der Waals surface area contributed by atoms with Gasteiger partial charge in [-0.1, -0.05) is 30.3 Å². The molecule has 0 spiro atoms. The van der Waals surface area contributed by atoms with E-state index in [0.717, 1.165) is 18.4 Å². The summed E-state index contributed by atoms with van der Waals surface area (Å²) in [6, 6.07) is 13.6. The predicted octanol–water partition coefficient (Wildman–Crippen LogP) is 2.91. The summed E-state index contributed by atoms with van der Waals surface area (Å²) < 4.78 is 40.5. The van der Waals surface area contributed by atoms with Crippen molar-refractivity contribution >= 4 is 16.0 Å². The molecule has 0 saturated carbocycles. The number of halogens is 1. The largest absolute Gasteiger partial charge is 0.357 e. The van der Waals surface area contributed by atoms with Crippen LogP contribution in [0, 0.1) is 5.82 Å². The molecular weight excluding hydrogens is 403 g/mol. The van der Waals surface area contributed by atoms with E-state index in [0.29, 0.717) is 55.6 Å². The lowest BCUT2D eigenvalue weighted by Crippen LogP contribution is -2.38. The summed E-state index contributed by atoms with van der Waals surface area (Å²) >= 11 is 0. The summed E-state index contributed by atoms with van der Waals surface area (Å²) in [5.41, 5.74) is 1.58. The van der Waals surface area contributed by atoms with Gasteiger partial charge in [0.2, 0.25) is 10.0 Å². The molecule has 1 fully saturated rings. The number of nitrogens with zero attached hydrogens (tertiary/aromatic N) is 2. The summed E-state index contributed by atoms with van der Waals surface area (Å²) in [5.74, 6) is 0.438. The molecule has 162 valence electrons. The molecule has 0 bridgehead atoms. The van der Waals surface area contributed by atoms with Gasteiger partial charge in [0, 0.05) is 26.2 Å². The molecule has 1 aliphatic heterocycles. The van der Waals surface area contributed by atoms with Crippen LogP contribution in [0.2, 0.25) is 0 Å². The van der Waals surface area contributed by atoms with Crippen LogP contribution in [0.3, 0.4) is 0 Å². The molecule has 0 unspecified atom stereocenters. The summed E-state index contributed by atoms with van der Waals surface area (Å²) in [6.45, 7) is 4.85. The number of nitrogens with one attached hydrogen (secondary N) is 2. The van der Waals surface area contributed by atoms with Gasteiger partial charge in [0.15, 0.2) is 5.96 Å². The van der Waals surface area contributed by atoms with Crippen LogP contribution in [0.1, 0.15) is 30.9 Å². The van der Waals surface area contributed by atoms with E-state index in [2.05, 4.69) is 15.6 Å². The number of rotatable bonds is 8. The second-order valence-electron chi connectivity index (χ2n) is 7.22. The number of guanidine groups is 1. The lowest BCUT2D eigenvalue weighted by Gasteiger charge is -2.15. The summed E-state index contributed by atoms with van der Waals surface area (Å²) in [6.07, 6.45) is 2.40. The minimum Gasteiger partial charge on any atom is -0.357 e. The first-order chi connectivity index (χ1) is 14.5. The molecule has 3 rings (SSSR count). The molecule has 0 atom stereocenters. The van der Waals surface area contributed by atoms with Crippen molar-refractivity contribution in [3.05, 3.63) is 65.5 Å². The Balaban J connectivity index is 1.58. The van der Waals surface area contributed by atoms with Crippen LogP contribution in [-0.2, 0) is 23.0 Å². The Morgan fingerprint density at radius 2 is 1.77 bits per heavy atom. The van der Waals surface area contributed by atoms with Gasteiger partial charge in [0.05, 0.1) is 11.4 Å². The van der Waals surface area contributed by atoms with Crippen molar-refractivity contribution in [2.24, 2.45) is 4.99 Å². The maximum Gasteiger partial charge on any atom is 0.243 e. The van der Waals surface area contributed by atoms with Gasteiger partial charge in [-0.25, -0.2) is 17.8 Å². The second kappa shape index (κ2) is 10.5. The highest BCUT2D eigenvalue weighted by Crippen LogP contribution is 2.21. The highest BCUT2D eigenvalue weighted by atomic mass is 32.2. The van der Waals surface area contributed by atoms with Gasteiger partial charge in [-0.2, -0.15) is 4.31 Å². The van der Waals surface area contributed by atoms with Crippen LogP contribution in [0.25, 0.3) is 0 Å². The topological polar surface area (TPSA) is 73.8 Å². The molecule has 6 nitrogen and oxygen atoms in total. The number of sulfonamides is 1. The molecule has 0 radical (unpaired) electrons. The first-order valence-electron chi connectivity index (χ1n) is 10.4. The zero-order valence-corrected chi connectivity index (χ0v) is 18.1. The van der Waals surface area contributed by atoms with Crippen LogP contribution in [0.5, 0.6) is 0 Å². The molecule has 8 heteroatoms. The SMILES string of the molecule is CCNC(=NCc1ccc(S(=O)(=O)N2CCCC2)cc1)NCCc1ccccc1F. The molecule has 1 heterocycles. The summed E-state index contributed by atoms with van der Waals surface area (Å²) in [7, 11) is -3.40. The van der Waals surface area contributed by atoms with Crippen molar-refractivity contribution in [2.75, 3.05) is 26.2 Å². The Morgan fingerprint density at radius 1 is 1.07 bits per heavy atom. The fourth-order valence-electron chi connectivity index (χ4n) is 3.37. The molecule has 2 aromatic rings. The molecule has 1 aliphatic rings. The zero-order valence-electron chi connectivity index (χ0n) is 17.3. The maximum absolute atomic E-state index is 13.7. The molecule has 30 heavy (non-hydrogen) atoms. The van der Waals surface area contributed by atoms with Crippen LogP contribution < -0.4 is 10.6 Å². The van der Waals surface area contributed by atoms with Crippen molar-refractivity contribution in [1.82, 2.24) is 14.9 Å². The van der Waals surface area contributed by atoms with E-state index in [1.807, 2.05) is 13.0 Å². The lowest BCUT2D eigenvalue weighted by molar-refractivity contribution is 0.477. The van der Waals surface area contributed by atoms with E-state index < -0.39 is 10.0 Å². The Labute approximate surface area is 178 Å². The molecular formula is C22H29FN4O2S. The second-order valence-corrected chi connectivity index (χ2v) is 9.16. The van der Waals surface area contributed by atoms with Crippen LogP contribution in [-0.4, -0.2) is 44.9 Å². The fraction of sp³-hybridized carbons (Fsp3) is 0.409. The maximum atomic E-state index is 13.7. The quantitative estimate of drug-likeness (QED) is 0.497. The van der Waals surface area contributed by atoms with Gasteiger partial charge in [0.1, 0.15) is 5.82 Å². The Bertz CT molecular complexity index is 955. The lowest BCUT2D eigenvalue weighted by atomic mass is 10.1. The standard InChI is InChI=1S/C22H29FN4O2S/c1-2-24-22(25-14-13-19-7-3-4-8-21(19)23)26-17-18-9-11-20(12-10-18)30(28,29)27-15-5-6-16-27/h3-4,7-12H,2,5-6,13-17H2,1H3,(H2,24,25,26). The van der Waals surface area contributed by atoms with Gasteiger partial charge in [-0.3, -0.25) is 0 Å².